The highest BCUT2D eigenvalue weighted by molar-refractivity contribution is 5.92. The molecule has 0 radical (unpaired) electrons. The summed E-state index contributed by atoms with van der Waals surface area (Å²) in [6.07, 6.45) is 1.07. The van der Waals surface area contributed by atoms with Crippen LogP contribution in [0.2, 0.25) is 0 Å². The molecule has 20 heavy (non-hydrogen) atoms. The molecule has 1 atom stereocenters. The van der Waals surface area contributed by atoms with E-state index in [9.17, 15) is 4.79 Å². The van der Waals surface area contributed by atoms with E-state index in [1.165, 1.54) is 0 Å². The zero-order valence-corrected chi connectivity index (χ0v) is 12.8. The first-order valence-corrected chi connectivity index (χ1v) is 7.28. The lowest BCUT2D eigenvalue weighted by Gasteiger charge is -2.26. The third-order valence-electron chi connectivity index (χ3n) is 3.94. The standard InChI is InChI=1S/C15H24N4O/c1-5-16-13-7-6-12(17-18-13)14(20)19-9-8-11(10-19)15(2,3)4/h6-7,11H,5,8-10H2,1-4H3,(H,16,18). The number of rotatable bonds is 3. The summed E-state index contributed by atoms with van der Waals surface area (Å²) in [7, 11) is 0. The van der Waals surface area contributed by atoms with Crippen molar-refractivity contribution in [3.05, 3.63) is 17.8 Å². The normalized spacial score (nSPS) is 19.2. The summed E-state index contributed by atoms with van der Waals surface area (Å²) < 4.78 is 0. The molecule has 1 aliphatic heterocycles. The van der Waals surface area contributed by atoms with Crippen LogP contribution in [0, 0.1) is 11.3 Å². The number of anilines is 1. The van der Waals surface area contributed by atoms with Gasteiger partial charge in [-0.2, -0.15) is 0 Å². The Morgan fingerprint density at radius 2 is 2.15 bits per heavy atom. The van der Waals surface area contributed by atoms with Gasteiger partial charge >= 0.3 is 0 Å². The van der Waals surface area contributed by atoms with Crippen LogP contribution < -0.4 is 5.32 Å². The van der Waals surface area contributed by atoms with Crippen LogP contribution in [0.15, 0.2) is 12.1 Å². The Morgan fingerprint density at radius 3 is 2.65 bits per heavy atom. The summed E-state index contributed by atoms with van der Waals surface area (Å²) in [5, 5.41) is 11.1. The number of carbonyl (C=O) groups excluding carboxylic acids is 1. The van der Waals surface area contributed by atoms with Crippen molar-refractivity contribution in [3.8, 4) is 0 Å². The Hall–Kier alpha value is -1.65. The maximum Gasteiger partial charge on any atom is 0.274 e. The zero-order chi connectivity index (χ0) is 14.8. The fourth-order valence-corrected chi connectivity index (χ4v) is 2.54. The van der Waals surface area contributed by atoms with E-state index < -0.39 is 0 Å². The molecule has 0 saturated carbocycles. The molecule has 0 aromatic carbocycles. The van der Waals surface area contributed by atoms with Crippen molar-refractivity contribution in [2.75, 3.05) is 25.0 Å². The van der Waals surface area contributed by atoms with Crippen molar-refractivity contribution < 1.29 is 4.79 Å². The third kappa shape index (κ3) is 3.26. The maximum atomic E-state index is 12.4. The van der Waals surface area contributed by atoms with Crippen molar-refractivity contribution in [3.63, 3.8) is 0 Å². The largest absolute Gasteiger partial charge is 0.369 e. The van der Waals surface area contributed by atoms with Gasteiger partial charge in [-0.05, 0) is 36.8 Å². The molecule has 1 saturated heterocycles. The van der Waals surface area contributed by atoms with Crippen molar-refractivity contribution in [1.82, 2.24) is 15.1 Å². The molecule has 2 rings (SSSR count). The van der Waals surface area contributed by atoms with E-state index in [-0.39, 0.29) is 11.3 Å². The number of nitrogens with zero attached hydrogens (tertiary/aromatic N) is 3. The van der Waals surface area contributed by atoms with Gasteiger partial charge < -0.3 is 10.2 Å². The second kappa shape index (κ2) is 5.77. The van der Waals surface area contributed by atoms with Crippen LogP contribution in [0.5, 0.6) is 0 Å². The van der Waals surface area contributed by atoms with Gasteiger partial charge in [-0.3, -0.25) is 4.79 Å². The summed E-state index contributed by atoms with van der Waals surface area (Å²) in [6.45, 7) is 11.1. The van der Waals surface area contributed by atoms with Gasteiger partial charge in [0, 0.05) is 19.6 Å². The van der Waals surface area contributed by atoms with Gasteiger partial charge in [0.25, 0.3) is 5.91 Å². The molecule has 1 aromatic heterocycles. The second-order valence-electron chi connectivity index (χ2n) is 6.44. The molecule has 0 spiro atoms. The second-order valence-corrected chi connectivity index (χ2v) is 6.44. The molecule has 1 amide bonds. The maximum absolute atomic E-state index is 12.4. The van der Waals surface area contributed by atoms with Crippen LogP contribution in [0.25, 0.3) is 0 Å². The van der Waals surface area contributed by atoms with Crippen molar-refractivity contribution in [2.24, 2.45) is 11.3 Å². The number of nitrogens with one attached hydrogen (secondary N) is 1. The number of hydrogen-bond acceptors (Lipinski definition) is 4. The molecular weight excluding hydrogens is 252 g/mol. The van der Waals surface area contributed by atoms with E-state index in [0.29, 0.717) is 17.4 Å². The highest BCUT2D eigenvalue weighted by Crippen LogP contribution is 2.33. The average Bonchev–Trinajstić information content (AvgIpc) is 2.89. The lowest BCUT2D eigenvalue weighted by Crippen LogP contribution is -2.31. The van der Waals surface area contributed by atoms with E-state index in [1.54, 1.807) is 12.1 Å². The topological polar surface area (TPSA) is 58.1 Å². The number of carbonyl (C=O) groups is 1. The quantitative estimate of drug-likeness (QED) is 0.921. The zero-order valence-electron chi connectivity index (χ0n) is 12.8. The molecule has 110 valence electrons. The number of likely N-dealkylation sites (tertiary alicyclic amines) is 1. The van der Waals surface area contributed by atoms with Crippen LogP contribution in [-0.2, 0) is 0 Å². The Bertz CT molecular complexity index is 464. The van der Waals surface area contributed by atoms with Gasteiger partial charge in [-0.1, -0.05) is 20.8 Å². The van der Waals surface area contributed by atoms with Gasteiger partial charge in [0.05, 0.1) is 0 Å². The fraction of sp³-hybridized carbons (Fsp3) is 0.667. The minimum atomic E-state index is -0.00713. The average molecular weight is 276 g/mol. The Labute approximate surface area is 120 Å². The highest BCUT2D eigenvalue weighted by Gasteiger charge is 2.34. The minimum Gasteiger partial charge on any atom is -0.369 e. The van der Waals surface area contributed by atoms with Gasteiger partial charge in [-0.25, -0.2) is 0 Å². The first kappa shape index (κ1) is 14.8. The van der Waals surface area contributed by atoms with Crippen LogP contribution in [0.4, 0.5) is 5.82 Å². The highest BCUT2D eigenvalue weighted by atomic mass is 16.2. The molecule has 5 nitrogen and oxygen atoms in total. The van der Waals surface area contributed by atoms with E-state index in [2.05, 4.69) is 36.3 Å². The molecule has 1 aliphatic rings. The molecule has 2 heterocycles. The van der Waals surface area contributed by atoms with Crippen LogP contribution in [0.1, 0.15) is 44.6 Å². The Balaban J connectivity index is 2.01. The number of aromatic nitrogens is 2. The van der Waals surface area contributed by atoms with Crippen molar-refractivity contribution in [2.45, 2.75) is 34.1 Å². The fourth-order valence-electron chi connectivity index (χ4n) is 2.54. The lowest BCUT2D eigenvalue weighted by molar-refractivity contribution is 0.0769. The van der Waals surface area contributed by atoms with Gasteiger partial charge in [0.15, 0.2) is 5.69 Å². The smallest absolute Gasteiger partial charge is 0.274 e. The monoisotopic (exact) mass is 276 g/mol. The SMILES string of the molecule is CCNc1ccc(C(=O)N2CCC(C(C)(C)C)C2)nn1. The molecule has 1 unspecified atom stereocenters. The first-order valence-electron chi connectivity index (χ1n) is 7.28. The van der Waals surface area contributed by atoms with Crippen molar-refractivity contribution >= 4 is 11.7 Å². The molecule has 1 N–H and O–H groups in total. The van der Waals surface area contributed by atoms with E-state index in [1.807, 2.05) is 11.8 Å². The summed E-state index contributed by atoms with van der Waals surface area (Å²) >= 11 is 0. The molecular formula is C15H24N4O. The molecule has 0 bridgehead atoms. The predicted octanol–water partition coefficient (Wildman–Crippen LogP) is 2.42. The summed E-state index contributed by atoms with van der Waals surface area (Å²) in [6, 6.07) is 3.55. The van der Waals surface area contributed by atoms with Gasteiger partial charge in [-0.15, -0.1) is 10.2 Å². The first-order chi connectivity index (χ1) is 9.41. The molecule has 0 aliphatic carbocycles. The van der Waals surface area contributed by atoms with E-state index in [4.69, 9.17) is 0 Å². The molecule has 1 aromatic rings. The van der Waals surface area contributed by atoms with Gasteiger partial charge in [0.1, 0.15) is 5.82 Å². The lowest BCUT2D eigenvalue weighted by atomic mass is 9.80. The van der Waals surface area contributed by atoms with Crippen LogP contribution in [0.3, 0.4) is 0 Å². The number of amides is 1. The van der Waals surface area contributed by atoms with Crippen LogP contribution in [-0.4, -0.2) is 40.6 Å². The Kier molecular flexibility index (Phi) is 4.26. The summed E-state index contributed by atoms with van der Waals surface area (Å²) in [5.74, 6) is 1.26. The molecule has 1 fully saturated rings. The molecule has 5 heteroatoms. The number of hydrogen-bond donors (Lipinski definition) is 1. The summed E-state index contributed by atoms with van der Waals surface area (Å²) in [4.78, 5) is 14.3. The minimum absolute atomic E-state index is 0.00713. The summed E-state index contributed by atoms with van der Waals surface area (Å²) in [5.41, 5.74) is 0.677. The predicted molar refractivity (Wildman–Crippen MR) is 79.7 cm³/mol. The van der Waals surface area contributed by atoms with Crippen LogP contribution >= 0.6 is 0 Å². The van der Waals surface area contributed by atoms with Gasteiger partial charge in [0.2, 0.25) is 0 Å². The third-order valence-corrected chi connectivity index (χ3v) is 3.94. The Morgan fingerprint density at radius 1 is 1.40 bits per heavy atom. The van der Waals surface area contributed by atoms with E-state index >= 15 is 0 Å². The van der Waals surface area contributed by atoms with E-state index in [0.717, 1.165) is 26.1 Å². The van der Waals surface area contributed by atoms with Crippen molar-refractivity contribution in [1.29, 1.82) is 0 Å².